The molecule has 0 aromatic rings. The Morgan fingerprint density at radius 3 is 2.00 bits per heavy atom. The second kappa shape index (κ2) is 3.76. The average molecular weight is 223 g/mol. The molecule has 0 bridgehead atoms. The fourth-order valence-electron chi connectivity index (χ4n) is 1.84. The molecule has 0 saturated heterocycles. The van der Waals surface area contributed by atoms with Gasteiger partial charge in [-0.25, -0.2) is 4.39 Å². The van der Waals surface area contributed by atoms with Gasteiger partial charge in [0.15, 0.2) is 0 Å². The maximum absolute atomic E-state index is 13.6. The van der Waals surface area contributed by atoms with Crippen molar-refractivity contribution in [2.45, 2.75) is 47.1 Å². The van der Waals surface area contributed by atoms with Crippen molar-refractivity contribution in [3.8, 4) is 0 Å². The van der Waals surface area contributed by atoms with E-state index >= 15 is 0 Å². The summed E-state index contributed by atoms with van der Waals surface area (Å²) in [6.45, 7) is 16.5. The Hall–Kier alpha value is -1.05. The Morgan fingerprint density at radius 1 is 1.12 bits per heavy atom. The Labute approximate surface area is 98.3 Å². The first kappa shape index (κ1) is 13.0. The summed E-state index contributed by atoms with van der Waals surface area (Å²) in [6.07, 6.45) is 3.11. The second-order valence-corrected chi connectivity index (χ2v) is 6.31. The zero-order chi connectivity index (χ0) is 12.7. The topological polar surface area (TPSA) is 3.24 Å². The van der Waals surface area contributed by atoms with E-state index in [9.17, 15) is 4.39 Å². The van der Waals surface area contributed by atoms with Crippen LogP contribution in [-0.4, -0.2) is 10.4 Å². The highest BCUT2D eigenvalue weighted by Crippen LogP contribution is 2.39. The fraction of sp³-hybridized carbons (Fsp3) is 0.571. The van der Waals surface area contributed by atoms with Crippen LogP contribution >= 0.6 is 0 Å². The smallest absolute Gasteiger partial charge is 0.139 e. The summed E-state index contributed by atoms with van der Waals surface area (Å²) in [5, 5.41) is 0. The molecule has 0 amide bonds. The van der Waals surface area contributed by atoms with Crippen LogP contribution in [0.2, 0.25) is 0 Å². The van der Waals surface area contributed by atoms with E-state index in [0.717, 1.165) is 11.3 Å². The van der Waals surface area contributed by atoms with E-state index in [1.807, 2.05) is 25.7 Å². The zero-order valence-electron chi connectivity index (χ0n) is 11.2. The van der Waals surface area contributed by atoms with Gasteiger partial charge in [-0.1, -0.05) is 27.4 Å². The Bertz CT molecular complexity index is 361. The molecule has 0 aromatic carbocycles. The van der Waals surface area contributed by atoms with Crippen LogP contribution in [0.25, 0.3) is 0 Å². The van der Waals surface area contributed by atoms with E-state index in [2.05, 4.69) is 27.4 Å². The molecule has 0 saturated carbocycles. The average Bonchev–Trinajstić information content (AvgIpc) is 2.04. The molecule has 0 atom stereocenters. The number of nitrogens with zero attached hydrogens (tertiary/aromatic N) is 1. The van der Waals surface area contributed by atoms with Crippen LogP contribution in [0.4, 0.5) is 4.39 Å². The van der Waals surface area contributed by atoms with E-state index in [4.69, 9.17) is 0 Å². The summed E-state index contributed by atoms with van der Waals surface area (Å²) in [4.78, 5) is 1.91. The molecule has 1 heterocycles. The van der Waals surface area contributed by atoms with E-state index in [0.29, 0.717) is 0 Å². The van der Waals surface area contributed by atoms with Gasteiger partial charge in [-0.2, -0.15) is 0 Å². The van der Waals surface area contributed by atoms with Crippen LogP contribution in [-0.2, 0) is 0 Å². The summed E-state index contributed by atoms with van der Waals surface area (Å²) in [6, 6.07) is 0. The molecule has 2 heteroatoms. The van der Waals surface area contributed by atoms with Gasteiger partial charge in [0.1, 0.15) is 5.83 Å². The van der Waals surface area contributed by atoms with Gasteiger partial charge >= 0.3 is 0 Å². The molecule has 0 N–H and O–H groups in total. The molecule has 1 aliphatic rings. The molecule has 1 nitrogen and oxygen atoms in total. The van der Waals surface area contributed by atoms with Crippen molar-refractivity contribution >= 4 is 0 Å². The molecule has 0 unspecified atom stereocenters. The highest BCUT2D eigenvalue weighted by Gasteiger charge is 2.31. The second-order valence-electron chi connectivity index (χ2n) is 6.31. The maximum atomic E-state index is 13.6. The van der Waals surface area contributed by atoms with Gasteiger partial charge in [-0.3, -0.25) is 0 Å². The fourth-order valence-corrected chi connectivity index (χ4v) is 1.84. The van der Waals surface area contributed by atoms with E-state index in [-0.39, 0.29) is 16.8 Å². The molecule has 16 heavy (non-hydrogen) atoms. The van der Waals surface area contributed by atoms with Crippen molar-refractivity contribution in [1.82, 2.24) is 4.90 Å². The molecule has 0 aliphatic carbocycles. The van der Waals surface area contributed by atoms with Crippen LogP contribution in [0.1, 0.15) is 41.5 Å². The third-order valence-corrected chi connectivity index (χ3v) is 2.67. The first-order valence-corrected chi connectivity index (χ1v) is 5.61. The zero-order valence-corrected chi connectivity index (χ0v) is 11.2. The summed E-state index contributed by atoms with van der Waals surface area (Å²) in [5.74, 6) is -0.202. The summed E-state index contributed by atoms with van der Waals surface area (Å²) in [5.41, 5.74) is 1.61. The van der Waals surface area contributed by atoms with Crippen LogP contribution in [0, 0.1) is 5.41 Å². The number of rotatable bonds is 0. The lowest BCUT2D eigenvalue weighted by Gasteiger charge is -2.41. The predicted molar refractivity (Wildman–Crippen MR) is 67.5 cm³/mol. The van der Waals surface area contributed by atoms with Crippen LogP contribution in [0.3, 0.4) is 0 Å². The molecular formula is C14H22FN. The minimum Gasteiger partial charge on any atom is -0.340 e. The monoisotopic (exact) mass is 223 g/mol. The van der Waals surface area contributed by atoms with Crippen molar-refractivity contribution in [2.24, 2.45) is 5.41 Å². The highest BCUT2D eigenvalue weighted by molar-refractivity contribution is 5.42. The minimum absolute atomic E-state index is 0.0911. The van der Waals surface area contributed by atoms with Gasteiger partial charge in [0.25, 0.3) is 0 Å². The maximum Gasteiger partial charge on any atom is 0.139 e. The van der Waals surface area contributed by atoms with Gasteiger partial charge in [-0.15, -0.1) is 0 Å². The normalized spacial score (nSPS) is 18.4. The van der Waals surface area contributed by atoms with Gasteiger partial charge in [0.2, 0.25) is 0 Å². The van der Waals surface area contributed by atoms with Crippen molar-refractivity contribution < 1.29 is 4.39 Å². The van der Waals surface area contributed by atoms with Crippen molar-refractivity contribution in [3.05, 3.63) is 36.0 Å². The molecule has 1 aliphatic heterocycles. The van der Waals surface area contributed by atoms with Crippen LogP contribution < -0.4 is 0 Å². The van der Waals surface area contributed by atoms with E-state index in [1.54, 1.807) is 6.08 Å². The minimum atomic E-state index is -0.202. The number of hydrogen-bond acceptors (Lipinski definition) is 1. The van der Waals surface area contributed by atoms with Crippen molar-refractivity contribution in [3.63, 3.8) is 0 Å². The molecule has 0 spiro atoms. The lowest BCUT2D eigenvalue weighted by atomic mass is 9.82. The first-order valence-electron chi connectivity index (χ1n) is 5.61. The molecule has 90 valence electrons. The van der Waals surface area contributed by atoms with Gasteiger partial charge in [0.05, 0.1) is 0 Å². The lowest BCUT2D eigenvalue weighted by Crippen LogP contribution is -2.39. The van der Waals surface area contributed by atoms with Gasteiger partial charge in [-0.05, 0) is 37.8 Å². The Balaban J connectivity index is 3.19. The van der Waals surface area contributed by atoms with Crippen LogP contribution in [0.5, 0.6) is 0 Å². The highest BCUT2D eigenvalue weighted by atomic mass is 19.1. The van der Waals surface area contributed by atoms with Crippen LogP contribution in [0.15, 0.2) is 36.0 Å². The molecule has 0 radical (unpaired) electrons. The molecule has 1 rings (SSSR count). The Morgan fingerprint density at radius 2 is 1.62 bits per heavy atom. The number of halogens is 1. The Kier molecular flexibility index (Phi) is 3.06. The molecule has 0 aromatic heterocycles. The largest absolute Gasteiger partial charge is 0.340 e. The first-order chi connectivity index (χ1) is 7.03. The quantitative estimate of drug-likeness (QED) is 0.588. The SMILES string of the molecule is C=C1C(C(C)(C)C)=CC(F)=CN1C(C)(C)C. The predicted octanol–water partition coefficient (Wildman–Crippen LogP) is 4.40. The third kappa shape index (κ3) is 2.55. The van der Waals surface area contributed by atoms with Gasteiger partial charge < -0.3 is 4.90 Å². The molecule has 0 fully saturated rings. The molecular weight excluding hydrogens is 201 g/mol. The number of allylic oxidation sites excluding steroid dienone is 3. The van der Waals surface area contributed by atoms with E-state index in [1.165, 1.54) is 6.20 Å². The van der Waals surface area contributed by atoms with Gasteiger partial charge in [0, 0.05) is 17.4 Å². The summed E-state index contributed by atoms with van der Waals surface area (Å²) >= 11 is 0. The number of hydrogen-bond donors (Lipinski definition) is 0. The standard InChI is InChI=1S/C14H22FN/c1-10-12(13(2,3)4)8-11(15)9-16(10)14(5,6)7/h8-9H,1H2,2-7H3. The summed E-state index contributed by atoms with van der Waals surface area (Å²) in [7, 11) is 0. The lowest BCUT2D eigenvalue weighted by molar-refractivity contribution is 0.246. The van der Waals surface area contributed by atoms with E-state index < -0.39 is 0 Å². The van der Waals surface area contributed by atoms with Crippen molar-refractivity contribution in [2.75, 3.05) is 0 Å². The summed E-state index contributed by atoms with van der Waals surface area (Å²) < 4.78 is 13.6. The van der Waals surface area contributed by atoms with Crippen molar-refractivity contribution in [1.29, 1.82) is 0 Å². The third-order valence-electron chi connectivity index (χ3n) is 2.67.